The average Bonchev–Trinajstić information content (AvgIpc) is 2.09. The molecule has 0 aliphatic heterocycles. The molecule has 0 spiro atoms. The van der Waals surface area contributed by atoms with Crippen molar-refractivity contribution in [3.63, 3.8) is 0 Å². The molecule has 0 heterocycles. The van der Waals surface area contributed by atoms with E-state index in [2.05, 4.69) is 17.3 Å². The predicted molar refractivity (Wildman–Crippen MR) is 51.9 cm³/mol. The van der Waals surface area contributed by atoms with Crippen molar-refractivity contribution in [3.05, 3.63) is 0 Å². The zero-order chi connectivity index (χ0) is 16.8. The predicted octanol–water partition coefficient (Wildman–Crippen LogP) is -9.43. The van der Waals surface area contributed by atoms with Gasteiger partial charge in [-0.2, -0.15) is 16.8 Å². The molecule has 0 radical (unpaired) electrons. The van der Waals surface area contributed by atoms with Crippen molar-refractivity contribution in [3.8, 4) is 0 Å². The summed E-state index contributed by atoms with van der Waals surface area (Å²) in [6.07, 6.45) is 0. The van der Waals surface area contributed by atoms with Crippen molar-refractivity contribution >= 4 is 41.6 Å². The Morgan fingerprint density at radius 3 is 0.826 bits per heavy atom. The molecular formula is H5KNNaO16S4. The molecule has 0 aliphatic carbocycles. The van der Waals surface area contributed by atoms with Crippen LogP contribution in [0.3, 0.4) is 0 Å². The van der Waals surface area contributed by atoms with Gasteiger partial charge in [0, 0.05) is 0 Å². The first-order valence-electron chi connectivity index (χ1n) is 3.03. The molecule has 23 heteroatoms. The molecule has 0 unspecified atom stereocenters. The molecule has 0 saturated heterocycles. The van der Waals surface area contributed by atoms with Gasteiger partial charge in [-0.05, 0) is 0 Å². The molecule has 17 nitrogen and oxygen atoms in total. The molecule has 0 aromatic carbocycles. The van der Waals surface area contributed by atoms with Crippen LogP contribution in [-0.4, -0.2) is 51.9 Å². The Hall–Kier alpha value is 2.08. The minimum absolute atomic E-state index is 0. The van der Waals surface area contributed by atoms with Gasteiger partial charge >= 0.3 is 102 Å². The smallest absolute Gasteiger partial charge is 0.724 e. The first-order valence-corrected chi connectivity index (χ1v) is 8.43. The summed E-state index contributed by atoms with van der Waals surface area (Å²) in [6, 6.07) is 0. The molecule has 132 valence electrons. The second-order valence-electron chi connectivity index (χ2n) is 1.94. The third kappa shape index (κ3) is 45.4. The summed E-state index contributed by atoms with van der Waals surface area (Å²) in [7, 11) is -20.7. The minimum atomic E-state index is -5.27. The summed E-state index contributed by atoms with van der Waals surface area (Å²) < 4.78 is 120. The van der Waals surface area contributed by atoms with Crippen molar-refractivity contribution in [2.24, 2.45) is 0 Å². The summed E-state index contributed by atoms with van der Waals surface area (Å²) in [5, 5.41) is 0. The molecule has 0 fully saturated rings. The molecule has 0 rings (SSSR count). The number of rotatable bonds is 6. The van der Waals surface area contributed by atoms with Crippen LogP contribution in [0.15, 0.2) is 0 Å². The standard InChI is InChI=1S/K.H3N.Na.2H2O8S2/c;;;2*1-9(2,3)7-8-10(4,5)6/h;1H3;;2*(H,1,2,3)(H,4,5,6)/q+1;;+1;;/p-2. The van der Waals surface area contributed by atoms with E-state index >= 15 is 0 Å². The van der Waals surface area contributed by atoms with Crippen LogP contribution in [0.5, 0.6) is 0 Å². The van der Waals surface area contributed by atoms with Gasteiger partial charge in [0.15, 0.2) is 0 Å². The van der Waals surface area contributed by atoms with Crippen molar-refractivity contribution in [1.82, 2.24) is 6.15 Å². The quantitative estimate of drug-likeness (QED) is 0.108. The molecule has 5 N–H and O–H groups in total. The van der Waals surface area contributed by atoms with Crippen LogP contribution in [0, 0.1) is 0 Å². The van der Waals surface area contributed by atoms with E-state index in [0.717, 1.165) is 0 Å². The van der Waals surface area contributed by atoms with Crippen molar-refractivity contribution in [2.75, 3.05) is 0 Å². The van der Waals surface area contributed by atoms with Gasteiger partial charge in [0.1, 0.15) is 0 Å². The van der Waals surface area contributed by atoms with Crippen LogP contribution >= 0.6 is 0 Å². The van der Waals surface area contributed by atoms with Gasteiger partial charge in [-0.25, -0.2) is 16.8 Å². The van der Waals surface area contributed by atoms with E-state index in [1.807, 2.05) is 0 Å². The molecule has 0 atom stereocenters. The van der Waals surface area contributed by atoms with Gasteiger partial charge in [0.25, 0.3) is 0 Å². The first-order chi connectivity index (χ1) is 8.41. The summed E-state index contributed by atoms with van der Waals surface area (Å²) in [6.45, 7) is 0. The molecule has 0 saturated carbocycles. The van der Waals surface area contributed by atoms with Crippen molar-refractivity contribution < 1.29 is 150 Å². The maximum atomic E-state index is 9.48. The zero-order valence-corrected chi connectivity index (χ0v) is 19.3. The van der Waals surface area contributed by atoms with Gasteiger partial charge < -0.3 is 15.3 Å². The Morgan fingerprint density at radius 1 is 0.609 bits per heavy atom. The van der Waals surface area contributed by atoms with Crippen LogP contribution in [0.4, 0.5) is 0 Å². The van der Waals surface area contributed by atoms with Gasteiger partial charge in [-0.15, -0.1) is 0 Å². The Labute approximate surface area is 195 Å². The van der Waals surface area contributed by atoms with E-state index in [-0.39, 0.29) is 87.1 Å². The van der Waals surface area contributed by atoms with E-state index in [0.29, 0.717) is 0 Å². The third-order valence-electron chi connectivity index (χ3n) is 0.394. The summed E-state index contributed by atoms with van der Waals surface area (Å²) in [4.78, 5) is 0. The van der Waals surface area contributed by atoms with E-state index < -0.39 is 41.6 Å². The van der Waals surface area contributed by atoms with Gasteiger partial charge in [0.05, 0.1) is 0 Å². The number of hydrogen-bond acceptors (Lipinski definition) is 15. The van der Waals surface area contributed by atoms with Crippen LogP contribution in [0.25, 0.3) is 0 Å². The summed E-state index contributed by atoms with van der Waals surface area (Å²) in [5.41, 5.74) is 0. The van der Waals surface area contributed by atoms with Gasteiger partial charge in [-0.1, -0.05) is 17.3 Å². The number of hydrogen-bond donors (Lipinski definition) is 3. The van der Waals surface area contributed by atoms with Crippen LogP contribution in [0.1, 0.15) is 0 Å². The maximum Gasteiger partial charge on any atom is 1.00 e. The van der Waals surface area contributed by atoms with Gasteiger partial charge in [0.2, 0.25) is 20.8 Å². The molecule has 0 amide bonds. The van der Waals surface area contributed by atoms with Crippen molar-refractivity contribution in [2.45, 2.75) is 0 Å². The Bertz CT molecular complexity index is 568. The van der Waals surface area contributed by atoms with Crippen LogP contribution < -0.4 is 87.1 Å². The first kappa shape index (κ1) is 36.1. The molecular weight excluding hydrogens is 460 g/mol. The average molecular weight is 465 g/mol. The van der Waals surface area contributed by atoms with Crippen LogP contribution in [0.2, 0.25) is 0 Å². The van der Waals surface area contributed by atoms with E-state index in [9.17, 15) is 42.8 Å². The molecule has 0 aromatic rings. The molecule has 0 aliphatic rings. The van der Waals surface area contributed by atoms with Gasteiger partial charge in [-0.3, -0.25) is 9.11 Å². The van der Waals surface area contributed by atoms with E-state index in [1.54, 1.807) is 0 Å². The Balaban J connectivity index is -0.0000000831. The zero-order valence-electron chi connectivity index (χ0n) is 11.0. The second kappa shape index (κ2) is 14.2. The molecule has 23 heavy (non-hydrogen) atoms. The topological polar surface area (TPSA) is 295 Å². The SMILES string of the molecule is N.O=S(=O)([O-])OOS(=O)(=O)O.O=S(=O)([O-])OOS(=O)(=O)O.[K+].[Na+]. The largest absolute Gasteiger partial charge is 1.00 e. The minimum Gasteiger partial charge on any atom is -0.724 e. The Morgan fingerprint density at radius 2 is 0.783 bits per heavy atom. The monoisotopic (exact) mass is 465 g/mol. The Kier molecular flexibility index (Phi) is 22.2. The van der Waals surface area contributed by atoms with Crippen LogP contribution in [-0.2, 0) is 58.9 Å². The maximum absolute atomic E-state index is 9.48. The summed E-state index contributed by atoms with van der Waals surface area (Å²) in [5.74, 6) is 0. The molecule has 0 aromatic heterocycles. The van der Waals surface area contributed by atoms with E-state index in [1.165, 1.54) is 0 Å². The summed E-state index contributed by atoms with van der Waals surface area (Å²) >= 11 is 0. The molecule has 0 bridgehead atoms. The fourth-order valence-corrected chi connectivity index (χ4v) is 1.24. The van der Waals surface area contributed by atoms with E-state index in [4.69, 9.17) is 9.11 Å². The fourth-order valence-electron chi connectivity index (χ4n) is 0.138. The fraction of sp³-hybridized carbons (Fsp3) is 0. The van der Waals surface area contributed by atoms with Crippen molar-refractivity contribution in [1.29, 1.82) is 0 Å². The second-order valence-corrected chi connectivity index (χ2v) is 5.83. The third-order valence-corrected chi connectivity index (χ3v) is 1.52. The normalized spacial score (nSPS) is 11.7.